The molecule has 0 bridgehead atoms. The van der Waals surface area contributed by atoms with Crippen molar-refractivity contribution in [2.45, 2.75) is 45.2 Å². The SMILES string of the molecule is Cc1ccc(C(N)CCN2CCCC2C)cc1. The van der Waals surface area contributed by atoms with Gasteiger partial charge in [0.05, 0.1) is 0 Å². The normalized spacial score (nSPS) is 22.9. The van der Waals surface area contributed by atoms with Crippen LogP contribution in [0.4, 0.5) is 0 Å². The maximum atomic E-state index is 6.24. The zero-order valence-corrected chi connectivity index (χ0v) is 11.0. The Balaban J connectivity index is 1.84. The summed E-state index contributed by atoms with van der Waals surface area (Å²) < 4.78 is 0. The lowest BCUT2D eigenvalue weighted by Crippen LogP contribution is -2.30. The lowest BCUT2D eigenvalue weighted by atomic mass is 10.0. The maximum absolute atomic E-state index is 6.24. The maximum Gasteiger partial charge on any atom is 0.0307 e. The molecule has 0 amide bonds. The molecule has 1 aliphatic rings. The Morgan fingerprint density at radius 2 is 2.06 bits per heavy atom. The molecule has 2 rings (SSSR count). The van der Waals surface area contributed by atoms with E-state index >= 15 is 0 Å². The summed E-state index contributed by atoms with van der Waals surface area (Å²) in [5.41, 5.74) is 8.81. The van der Waals surface area contributed by atoms with Gasteiger partial charge in [-0.3, -0.25) is 0 Å². The van der Waals surface area contributed by atoms with Crippen molar-refractivity contribution in [2.24, 2.45) is 5.73 Å². The number of hydrogen-bond donors (Lipinski definition) is 1. The van der Waals surface area contributed by atoms with Gasteiger partial charge in [0.1, 0.15) is 0 Å². The molecule has 2 unspecified atom stereocenters. The van der Waals surface area contributed by atoms with Gasteiger partial charge in [0.15, 0.2) is 0 Å². The highest BCUT2D eigenvalue weighted by atomic mass is 15.2. The lowest BCUT2D eigenvalue weighted by Gasteiger charge is -2.23. The van der Waals surface area contributed by atoms with Crippen molar-refractivity contribution >= 4 is 0 Å². The molecule has 0 spiro atoms. The van der Waals surface area contributed by atoms with Crippen molar-refractivity contribution in [3.05, 3.63) is 35.4 Å². The number of nitrogens with two attached hydrogens (primary N) is 1. The fraction of sp³-hybridized carbons (Fsp3) is 0.600. The fourth-order valence-electron chi connectivity index (χ4n) is 2.61. The molecule has 0 aromatic heterocycles. The molecule has 2 nitrogen and oxygen atoms in total. The fourth-order valence-corrected chi connectivity index (χ4v) is 2.61. The van der Waals surface area contributed by atoms with Gasteiger partial charge in [0.25, 0.3) is 0 Å². The Labute approximate surface area is 105 Å². The van der Waals surface area contributed by atoms with Crippen molar-refractivity contribution in [3.63, 3.8) is 0 Å². The number of aryl methyl sites for hydroxylation is 1. The van der Waals surface area contributed by atoms with E-state index in [2.05, 4.69) is 43.0 Å². The van der Waals surface area contributed by atoms with E-state index in [0.29, 0.717) is 0 Å². The molecule has 0 aliphatic carbocycles. The molecule has 0 saturated carbocycles. The van der Waals surface area contributed by atoms with E-state index in [4.69, 9.17) is 5.73 Å². The largest absolute Gasteiger partial charge is 0.324 e. The van der Waals surface area contributed by atoms with Gasteiger partial charge in [-0.25, -0.2) is 0 Å². The molecule has 1 fully saturated rings. The topological polar surface area (TPSA) is 29.3 Å². The van der Waals surface area contributed by atoms with Gasteiger partial charge in [-0.1, -0.05) is 29.8 Å². The summed E-state index contributed by atoms with van der Waals surface area (Å²) in [4.78, 5) is 2.56. The van der Waals surface area contributed by atoms with Gasteiger partial charge in [0.2, 0.25) is 0 Å². The zero-order valence-electron chi connectivity index (χ0n) is 11.0. The second kappa shape index (κ2) is 5.65. The number of benzene rings is 1. The Morgan fingerprint density at radius 1 is 1.35 bits per heavy atom. The molecule has 1 aromatic rings. The van der Waals surface area contributed by atoms with Gasteiger partial charge < -0.3 is 10.6 Å². The van der Waals surface area contributed by atoms with Gasteiger partial charge in [-0.15, -0.1) is 0 Å². The quantitative estimate of drug-likeness (QED) is 0.865. The van der Waals surface area contributed by atoms with E-state index in [1.54, 1.807) is 0 Å². The molecule has 2 atom stereocenters. The first-order valence-electron chi connectivity index (χ1n) is 6.73. The van der Waals surface area contributed by atoms with E-state index in [9.17, 15) is 0 Å². The van der Waals surface area contributed by atoms with E-state index in [1.165, 1.54) is 30.5 Å². The third kappa shape index (κ3) is 3.30. The van der Waals surface area contributed by atoms with E-state index in [0.717, 1.165) is 19.0 Å². The standard InChI is InChI=1S/C15H24N2/c1-12-5-7-14(8-6-12)15(16)9-11-17-10-3-4-13(17)2/h5-8,13,15H,3-4,9-11,16H2,1-2H3. The van der Waals surface area contributed by atoms with Crippen LogP contribution in [0.1, 0.15) is 43.4 Å². The predicted molar refractivity (Wildman–Crippen MR) is 73.0 cm³/mol. The summed E-state index contributed by atoms with van der Waals surface area (Å²) in [6.45, 7) is 6.82. The van der Waals surface area contributed by atoms with Crippen LogP contribution in [-0.4, -0.2) is 24.0 Å². The molecule has 1 saturated heterocycles. The van der Waals surface area contributed by atoms with E-state index in [-0.39, 0.29) is 6.04 Å². The average molecular weight is 232 g/mol. The zero-order chi connectivity index (χ0) is 12.3. The summed E-state index contributed by atoms with van der Waals surface area (Å²) in [5, 5.41) is 0. The Morgan fingerprint density at radius 3 is 2.65 bits per heavy atom. The van der Waals surface area contributed by atoms with Crippen molar-refractivity contribution in [1.29, 1.82) is 0 Å². The number of nitrogens with zero attached hydrogens (tertiary/aromatic N) is 1. The highest BCUT2D eigenvalue weighted by molar-refractivity contribution is 5.23. The van der Waals surface area contributed by atoms with Crippen LogP contribution in [0.25, 0.3) is 0 Å². The third-order valence-corrected chi connectivity index (χ3v) is 3.92. The van der Waals surface area contributed by atoms with E-state index in [1.807, 2.05) is 0 Å². The molecule has 1 aromatic carbocycles. The first-order valence-corrected chi connectivity index (χ1v) is 6.73. The monoisotopic (exact) mass is 232 g/mol. The van der Waals surface area contributed by atoms with Crippen LogP contribution in [0, 0.1) is 6.92 Å². The first-order chi connectivity index (χ1) is 8.16. The number of hydrogen-bond acceptors (Lipinski definition) is 2. The Bertz CT molecular complexity index is 344. The lowest BCUT2D eigenvalue weighted by molar-refractivity contribution is 0.258. The second-order valence-electron chi connectivity index (χ2n) is 5.33. The van der Waals surface area contributed by atoms with E-state index < -0.39 is 0 Å². The van der Waals surface area contributed by atoms with Crippen LogP contribution in [0.3, 0.4) is 0 Å². The summed E-state index contributed by atoms with van der Waals surface area (Å²) >= 11 is 0. The van der Waals surface area contributed by atoms with Gasteiger partial charge in [0, 0.05) is 18.6 Å². The minimum Gasteiger partial charge on any atom is -0.324 e. The van der Waals surface area contributed by atoms with Crippen molar-refractivity contribution < 1.29 is 0 Å². The van der Waals surface area contributed by atoms with Crippen LogP contribution in [0.15, 0.2) is 24.3 Å². The smallest absolute Gasteiger partial charge is 0.0307 e. The predicted octanol–water partition coefficient (Wildman–Crippen LogP) is 2.87. The minimum absolute atomic E-state index is 0.184. The van der Waals surface area contributed by atoms with Gasteiger partial charge in [-0.2, -0.15) is 0 Å². The molecule has 2 heteroatoms. The summed E-state index contributed by atoms with van der Waals surface area (Å²) in [7, 11) is 0. The minimum atomic E-state index is 0.184. The highest BCUT2D eigenvalue weighted by Crippen LogP contribution is 2.20. The first kappa shape index (κ1) is 12.6. The summed E-state index contributed by atoms with van der Waals surface area (Å²) in [5.74, 6) is 0. The van der Waals surface area contributed by atoms with Crippen LogP contribution in [-0.2, 0) is 0 Å². The number of rotatable bonds is 4. The Kier molecular flexibility index (Phi) is 4.19. The molecule has 17 heavy (non-hydrogen) atoms. The molecule has 1 heterocycles. The van der Waals surface area contributed by atoms with Crippen LogP contribution >= 0.6 is 0 Å². The average Bonchev–Trinajstić information content (AvgIpc) is 2.73. The second-order valence-corrected chi connectivity index (χ2v) is 5.33. The molecule has 94 valence electrons. The van der Waals surface area contributed by atoms with Crippen molar-refractivity contribution in [1.82, 2.24) is 4.90 Å². The highest BCUT2D eigenvalue weighted by Gasteiger charge is 2.20. The summed E-state index contributed by atoms with van der Waals surface area (Å²) in [6.07, 6.45) is 3.76. The van der Waals surface area contributed by atoms with Gasteiger partial charge >= 0.3 is 0 Å². The van der Waals surface area contributed by atoms with Crippen LogP contribution < -0.4 is 5.73 Å². The number of likely N-dealkylation sites (tertiary alicyclic amines) is 1. The Hall–Kier alpha value is -0.860. The third-order valence-electron chi connectivity index (χ3n) is 3.92. The molecular formula is C15H24N2. The summed E-state index contributed by atoms with van der Waals surface area (Å²) in [6, 6.07) is 9.55. The van der Waals surface area contributed by atoms with Crippen LogP contribution in [0.2, 0.25) is 0 Å². The van der Waals surface area contributed by atoms with Crippen molar-refractivity contribution in [2.75, 3.05) is 13.1 Å². The molecular weight excluding hydrogens is 208 g/mol. The molecule has 0 radical (unpaired) electrons. The van der Waals surface area contributed by atoms with Crippen molar-refractivity contribution in [3.8, 4) is 0 Å². The van der Waals surface area contributed by atoms with Gasteiger partial charge in [-0.05, 0) is 45.2 Å². The molecule has 1 aliphatic heterocycles. The molecule has 2 N–H and O–H groups in total. The van der Waals surface area contributed by atoms with Crippen LogP contribution in [0.5, 0.6) is 0 Å².